The van der Waals surface area contributed by atoms with Crippen molar-refractivity contribution in [2.75, 3.05) is 5.32 Å². The molecule has 5 aromatic rings. The molecule has 0 amide bonds. The Labute approximate surface area is 192 Å². The summed E-state index contributed by atoms with van der Waals surface area (Å²) in [6, 6.07) is 14.9. The van der Waals surface area contributed by atoms with Crippen molar-refractivity contribution in [3.05, 3.63) is 101 Å². The molecule has 5 rings (SSSR count). The summed E-state index contributed by atoms with van der Waals surface area (Å²) in [4.78, 5) is 45.6. The molecule has 10 heteroatoms. The number of nitrogens with zero attached hydrogens (tertiary/aromatic N) is 5. The van der Waals surface area contributed by atoms with Gasteiger partial charge in [0, 0.05) is 41.7 Å². The molecule has 0 spiro atoms. The van der Waals surface area contributed by atoms with Crippen molar-refractivity contribution in [3.8, 4) is 0 Å². The Morgan fingerprint density at radius 3 is 2.67 bits per heavy atom. The third-order valence-corrected chi connectivity index (χ3v) is 5.16. The zero-order chi connectivity index (χ0) is 22.8. The lowest BCUT2D eigenvalue weighted by Gasteiger charge is -2.11. The number of hydrogen-bond donors (Lipinski definition) is 2. The van der Waals surface area contributed by atoms with E-state index in [9.17, 15) is 9.59 Å². The summed E-state index contributed by atoms with van der Waals surface area (Å²) in [5.41, 5.74) is 1.57. The number of fused-ring (bicyclic) bond motifs is 1. The molecule has 0 saturated heterocycles. The molecular weight excluding hydrogens is 442 g/mol. The zero-order valence-electron chi connectivity index (χ0n) is 17.1. The second kappa shape index (κ2) is 8.64. The van der Waals surface area contributed by atoms with E-state index in [2.05, 4.69) is 30.2 Å². The molecule has 0 saturated carbocycles. The molecule has 2 aromatic carbocycles. The molecule has 0 aliphatic carbocycles. The van der Waals surface area contributed by atoms with Gasteiger partial charge in [0.1, 0.15) is 5.82 Å². The maximum Gasteiger partial charge on any atom is 0.299 e. The molecule has 0 fully saturated rings. The molecule has 0 atom stereocenters. The number of carbonyl (C=O) groups is 2. The fraction of sp³-hybridized carbons (Fsp3) is 0.0435. The average Bonchev–Trinajstić information content (AvgIpc) is 3.55. The number of rotatable bonds is 6. The van der Waals surface area contributed by atoms with Gasteiger partial charge in [0.2, 0.25) is 5.82 Å². The van der Waals surface area contributed by atoms with Gasteiger partial charge in [0.15, 0.2) is 11.6 Å². The summed E-state index contributed by atoms with van der Waals surface area (Å²) in [6.45, 7) is 0.485. The first-order chi connectivity index (χ1) is 16.1. The average molecular weight is 458 g/mol. The highest BCUT2D eigenvalue weighted by Gasteiger charge is 2.24. The van der Waals surface area contributed by atoms with Crippen LogP contribution in [-0.4, -0.2) is 41.2 Å². The number of ketones is 1. The van der Waals surface area contributed by atoms with Crippen LogP contribution in [0.3, 0.4) is 0 Å². The van der Waals surface area contributed by atoms with Gasteiger partial charge in [-0.2, -0.15) is 0 Å². The number of nitrogens with one attached hydrogen (secondary N) is 2. The molecule has 0 aliphatic rings. The molecule has 0 radical (unpaired) electrons. The van der Waals surface area contributed by atoms with Gasteiger partial charge in [-0.15, -0.1) is 0 Å². The SMILES string of the molecule is O=C(c1nc(NCc2ccccc2)c2cc(Cl)ccc2n1)c1nccn1C(=O)c1ncc[nH]1. The van der Waals surface area contributed by atoms with Crippen LogP contribution in [0, 0.1) is 0 Å². The maximum atomic E-state index is 13.3. The minimum absolute atomic E-state index is 0.0846. The summed E-state index contributed by atoms with van der Waals surface area (Å²) in [6.07, 6.45) is 5.73. The van der Waals surface area contributed by atoms with E-state index in [4.69, 9.17) is 11.6 Å². The summed E-state index contributed by atoms with van der Waals surface area (Å²) in [5.74, 6) is -0.791. The molecule has 0 aliphatic heterocycles. The van der Waals surface area contributed by atoms with Crippen LogP contribution in [0.5, 0.6) is 0 Å². The van der Waals surface area contributed by atoms with Crippen molar-refractivity contribution in [2.24, 2.45) is 0 Å². The Morgan fingerprint density at radius 2 is 1.88 bits per heavy atom. The molecule has 9 nitrogen and oxygen atoms in total. The maximum absolute atomic E-state index is 13.3. The van der Waals surface area contributed by atoms with E-state index in [1.165, 1.54) is 24.8 Å². The minimum Gasteiger partial charge on any atom is -0.365 e. The highest BCUT2D eigenvalue weighted by molar-refractivity contribution is 6.31. The number of aromatic nitrogens is 6. The minimum atomic E-state index is -0.598. The van der Waals surface area contributed by atoms with Gasteiger partial charge >= 0.3 is 0 Å². The topological polar surface area (TPSA) is 118 Å². The van der Waals surface area contributed by atoms with Crippen molar-refractivity contribution in [3.63, 3.8) is 0 Å². The van der Waals surface area contributed by atoms with Gasteiger partial charge in [0.05, 0.1) is 5.52 Å². The number of benzene rings is 2. The first kappa shape index (κ1) is 20.5. The largest absolute Gasteiger partial charge is 0.365 e. The third-order valence-electron chi connectivity index (χ3n) is 4.93. The van der Waals surface area contributed by atoms with E-state index in [-0.39, 0.29) is 17.5 Å². The first-order valence-corrected chi connectivity index (χ1v) is 10.3. The molecular formula is C23H16ClN7O2. The lowest BCUT2D eigenvalue weighted by Crippen LogP contribution is -2.21. The molecule has 0 bridgehead atoms. The smallest absolute Gasteiger partial charge is 0.299 e. The van der Waals surface area contributed by atoms with Crippen LogP contribution >= 0.6 is 11.6 Å². The first-order valence-electron chi connectivity index (χ1n) is 9.97. The van der Waals surface area contributed by atoms with E-state index in [1.807, 2.05) is 30.3 Å². The quantitative estimate of drug-likeness (QED) is 0.373. The van der Waals surface area contributed by atoms with Crippen molar-refractivity contribution in [1.29, 1.82) is 0 Å². The van der Waals surface area contributed by atoms with Crippen LogP contribution in [0.15, 0.2) is 73.3 Å². The fourth-order valence-corrected chi connectivity index (χ4v) is 3.52. The van der Waals surface area contributed by atoms with Crippen molar-refractivity contribution in [2.45, 2.75) is 6.54 Å². The van der Waals surface area contributed by atoms with Gasteiger partial charge < -0.3 is 10.3 Å². The number of hydrogen-bond acceptors (Lipinski definition) is 7. The summed E-state index contributed by atoms with van der Waals surface area (Å²) in [7, 11) is 0. The van der Waals surface area contributed by atoms with Gasteiger partial charge in [0.25, 0.3) is 11.7 Å². The Hall–Kier alpha value is -4.37. The van der Waals surface area contributed by atoms with E-state index in [0.717, 1.165) is 10.1 Å². The van der Waals surface area contributed by atoms with Gasteiger partial charge in [-0.3, -0.25) is 14.2 Å². The van der Waals surface area contributed by atoms with Crippen LogP contribution in [0.4, 0.5) is 5.82 Å². The summed E-state index contributed by atoms with van der Waals surface area (Å²) >= 11 is 6.19. The molecule has 33 heavy (non-hydrogen) atoms. The van der Waals surface area contributed by atoms with Gasteiger partial charge in [-0.05, 0) is 23.8 Å². The van der Waals surface area contributed by atoms with E-state index in [1.54, 1.807) is 18.2 Å². The molecule has 162 valence electrons. The van der Waals surface area contributed by atoms with Crippen molar-refractivity contribution < 1.29 is 9.59 Å². The van der Waals surface area contributed by atoms with Crippen LogP contribution in [0.1, 0.15) is 32.6 Å². The van der Waals surface area contributed by atoms with Crippen LogP contribution in [-0.2, 0) is 6.54 Å². The summed E-state index contributed by atoms with van der Waals surface area (Å²) in [5, 5.41) is 4.45. The standard InChI is InChI=1S/C23H16ClN7O2/c24-15-6-7-17-16(12-15)19(28-13-14-4-2-1-3-5-14)30-20(29-17)18(32)22-27-10-11-31(22)23(33)21-25-8-9-26-21/h1-12H,13H2,(H,25,26)(H,28,29,30). The lowest BCUT2D eigenvalue weighted by molar-refractivity contribution is 0.0921. The van der Waals surface area contributed by atoms with E-state index in [0.29, 0.717) is 28.3 Å². The van der Waals surface area contributed by atoms with Crippen LogP contribution < -0.4 is 5.32 Å². The normalized spacial score (nSPS) is 10.9. The van der Waals surface area contributed by atoms with Gasteiger partial charge in [-0.25, -0.2) is 19.9 Å². The van der Waals surface area contributed by atoms with Crippen LogP contribution in [0.25, 0.3) is 10.9 Å². The number of aromatic amines is 1. The second-order valence-electron chi connectivity index (χ2n) is 7.09. The molecule has 3 aromatic heterocycles. The Kier molecular flexibility index (Phi) is 5.37. The Balaban J connectivity index is 1.54. The van der Waals surface area contributed by atoms with Crippen molar-refractivity contribution in [1.82, 2.24) is 29.5 Å². The third kappa shape index (κ3) is 4.09. The zero-order valence-corrected chi connectivity index (χ0v) is 17.8. The number of anilines is 1. The molecule has 0 unspecified atom stereocenters. The predicted octanol–water partition coefficient (Wildman–Crippen LogP) is 3.73. The lowest BCUT2D eigenvalue weighted by atomic mass is 10.2. The number of carbonyl (C=O) groups excluding carboxylic acids is 2. The monoisotopic (exact) mass is 457 g/mol. The fourth-order valence-electron chi connectivity index (χ4n) is 3.35. The Morgan fingerprint density at radius 1 is 1.03 bits per heavy atom. The predicted molar refractivity (Wildman–Crippen MR) is 122 cm³/mol. The summed E-state index contributed by atoms with van der Waals surface area (Å²) < 4.78 is 1.12. The highest BCUT2D eigenvalue weighted by Crippen LogP contribution is 2.25. The van der Waals surface area contributed by atoms with E-state index < -0.39 is 11.7 Å². The highest BCUT2D eigenvalue weighted by atomic mass is 35.5. The second-order valence-corrected chi connectivity index (χ2v) is 7.53. The number of halogens is 1. The Bertz CT molecular complexity index is 1460. The molecule has 2 N–H and O–H groups in total. The molecule has 3 heterocycles. The van der Waals surface area contributed by atoms with Gasteiger partial charge in [-0.1, -0.05) is 41.9 Å². The number of H-pyrrole nitrogens is 1. The van der Waals surface area contributed by atoms with Crippen LogP contribution in [0.2, 0.25) is 5.02 Å². The van der Waals surface area contributed by atoms with Crippen molar-refractivity contribution >= 4 is 40.0 Å². The number of imidazole rings is 2. The van der Waals surface area contributed by atoms with E-state index >= 15 is 0 Å².